The topological polar surface area (TPSA) is 61.4 Å². The predicted molar refractivity (Wildman–Crippen MR) is 88.5 cm³/mol. The van der Waals surface area contributed by atoms with Crippen molar-refractivity contribution in [3.05, 3.63) is 18.3 Å². The number of amides is 1. The second-order valence-electron chi connectivity index (χ2n) is 4.66. The van der Waals surface area contributed by atoms with Crippen molar-refractivity contribution in [2.75, 3.05) is 44.7 Å². The van der Waals surface area contributed by atoms with Gasteiger partial charge in [-0.2, -0.15) is 5.10 Å². The first-order valence-electron chi connectivity index (χ1n) is 6.76. The third-order valence-corrected chi connectivity index (χ3v) is 3.32. The van der Waals surface area contributed by atoms with Crippen LogP contribution in [0.4, 0.5) is 5.82 Å². The Labute approximate surface area is 138 Å². The van der Waals surface area contributed by atoms with Crippen molar-refractivity contribution in [2.45, 2.75) is 12.8 Å². The molecule has 6 nitrogen and oxygen atoms in total. The van der Waals surface area contributed by atoms with Gasteiger partial charge in [-0.15, -0.1) is 29.9 Å². The van der Waals surface area contributed by atoms with Crippen LogP contribution in [0.1, 0.15) is 12.8 Å². The lowest BCUT2D eigenvalue weighted by molar-refractivity contribution is -0.130. The second-order valence-corrected chi connectivity index (χ2v) is 4.66. The van der Waals surface area contributed by atoms with Gasteiger partial charge in [0.1, 0.15) is 0 Å². The third-order valence-electron chi connectivity index (χ3n) is 3.32. The van der Waals surface area contributed by atoms with Crippen molar-refractivity contribution in [2.24, 2.45) is 0 Å². The molecule has 120 valence electrons. The zero-order valence-corrected chi connectivity index (χ0v) is 13.8. The minimum absolute atomic E-state index is 0. The SMILES string of the molecule is CNCCC(=O)N1CCCN(c2cccnn2)CC1.Cl.Cl. The van der Waals surface area contributed by atoms with Crippen LogP contribution in [0, 0.1) is 0 Å². The molecule has 1 aromatic rings. The van der Waals surface area contributed by atoms with Crippen LogP contribution in [-0.4, -0.2) is 60.8 Å². The van der Waals surface area contributed by atoms with Gasteiger partial charge in [0.25, 0.3) is 0 Å². The highest BCUT2D eigenvalue weighted by Gasteiger charge is 2.19. The highest BCUT2D eigenvalue weighted by Crippen LogP contribution is 2.12. The Bertz CT molecular complexity index is 407. The summed E-state index contributed by atoms with van der Waals surface area (Å²) in [6.07, 6.45) is 3.22. The Morgan fingerprint density at radius 1 is 1.29 bits per heavy atom. The van der Waals surface area contributed by atoms with E-state index in [0.29, 0.717) is 6.42 Å². The number of nitrogens with one attached hydrogen (secondary N) is 1. The fourth-order valence-electron chi connectivity index (χ4n) is 2.25. The summed E-state index contributed by atoms with van der Waals surface area (Å²) in [6.45, 7) is 4.08. The molecule has 0 radical (unpaired) electrons. The van der Waals surface area contributed by atoms with Gasteiger partial charge in [-0.25, -0.2) is 0 Å². The zero-order chi connectivity index (χ0) is 13.5. The third kappa shape index (κ3) is 6.03. The number of rotatable bonds is 4. The number of hydrogen-bond donors (Lipinski definition) is 1. The van der Waals surface area contributed by atoms with Gasteiger partial charge in [0.15, 0.2) is 5.82 Å². The molecule has 1 fully saturated rings. The molecule has 1 N–H and O–H groups in total. The van der Waals surface area contributed by atoms with E-state index in [4.69, 9.17) is 0 Å². The molecule has 1 aliphatic rings. The Balaban J connectivity index is 0.00000200. The summed E-state index contributed by atoms with van der Waals surface area (Å²) in [5.74, 6) is 1.13. The first-order chi connectivity index (χ1) is 9.31. The molecule has 1 amide bonds. The molecule has 0 aromatic carbocycles. The molecule has 0 bridgehead atoms. The van der Waals surface area contributed by atoms with Gasteiger partial charge in [0, 0.05) is 45.3 Å². The molecule has 2 heterocycles. The number of aromatic nitrogens is 2. The predicted octanol–water partition coefficient (Wildman–Crippen LogP) is 0.968. The minimum Gasteiger partial charge on any atom is -0.353 e. The Morgan fingerprint density at radius 3 is 2.76 bits per heavy atom. The van der Waals surface area contributed by atoms with Crippen molar-refractivity contribution >= 4 is 36.5 Å². The fraction of sp³-hybridized carbons (Fsp3) is 0.615. The largest absolute Gasteiger partial charge is 0.353 e. The molecular weight excluding hydrogens is 313 g/mol. The summed E-state index contributed by atoms with van der Waals surface area (Å²) in [6, 6.07) is 3.86. The number of halogens is 2. The average Bonchev–Trinajstić information content (AvgIpc) is 2.71. The summed E-state index contributed by atoms with van der Waals surface area (Å²) in [4.78, 5) is 16.1. The summed E-state index contributed by atoms with van der Waals surface area (Å²) in [5.41, 5.74) is 0. The van der Waals surface area contributed by atoms with E-state index >= 15 is 0 Å². The van der Waals surface area contributed by atoms with E-state index in [1.807, 2.05) is 24.1 Å². The highest BCUT2D eigenvalue weighted by atomic mass is 35.5. The summed E-state index contributed by atoms with van der Waals surface area (Å²) < 4.78 is 0. The molecule has 1 aromatic heterocycles. The van der Waals surface area contributed by atoms with Gasteiger partial charge in [-0.1, -0.05) is 0 Å². The molecular formula is C13H23Cl2N5O. The maximum atomic E-state index is 12.0. The van der Waals surface area contributed by atoms with Crippen molar-refractivity contribution in [1.82, 2.24) is 20.4 Å². The Morgan fingerprint density at radius 2 is 2.10 bits per heavy atom. The lowest BCUT2D eigenvalue weighted by Gasteiger charge is -2.22. The smallest absolute Gasteiger partial charge is 0.223 e. The fourth-order valence-corrected chi connectivity index (χ4v) is 2.25. The highest BCUT2D eigenvalue weighted by molar-refractivity contribution is 5.85. The number of hydrogen-bond acceptors (Lipinski definition) is 5. The molecule has 0 spiro atoms. The van der Waals surface area contributed by atoms with Gasteiger partial charge < -0.3 is 15.1 Å². The van der Waals surface area contributed by atoms with Crippen LogP contribution in [0.3, 0.4) is 0 Å². The van der Waals surface area contributed by atoms with Crippen LogP contribution in [0.15, 0.2) is 18.3 Å². The van der Waals surface area contributed by atoms with Crippen molar-refractivity contribution in [3.63, 3.8) is 0 Å². The molecule has 1 saturated heterocycles. The lowest BCUT2D eigenvalue weighted by atomic mass is 10.3. The monoisotopic (exact) mass is 335 g/mol. The normalized spacial score (nSPS) is 14.7. The van der Waals surface area contributed by atoms with Crippen LogP contribution in [0.2, 0.25) is 0 Å². The lowest BCUT2D eigenvalue weighted by Crippen LogP contribution is -2.36. The van der Waals surface area contributed by atoms with Crippen LogP contribution in [-0.2, 0) is 4.79 Å². The van der Waals surface area contributed by atoms with Crippen molar-refractivity contribution < 1.29 is 4.79 Å². The standard InChI is InChI=1S/C13H21N5O.2ClH/c1-14-7-5-13(19)18-9-3-8-17(10-11-18)12-4-2-6-15-16-12;;/h2,4,6,14H,3,5,7-11H2,1H3;2*1H. The molecule has 1 aliphatic heterocycles. The maximum absolute atomic E-state index is 12.0. The van der Waals surface area contributed by atoms with Crippen molar-refractivity contribution in [1.29, 1.82) is 0 Å². The van der Waals surface area contributed by atoms with E-state index in [-0.39, 0.29) is 30.7 Å². The number of carbonyl (C=O) groups excluding carboxylic acids is 1. The van der Waals surface area contributed by atoms with Crippen LogP contribution in [0.25, 0.3) is 0 Å². The average molecular weight is 336 g/mol. The minimum atomic E-state index is 0. The first-order valence-corrected chi connectivity index (χ1v) is 6.76. The van der Waals surface area contributed by atoms with E-state index in [2.05, 4.69) is 20.4 Å². The van der Waals surface area contributed by atoms with Crippen molar-refractivity contribution in [3.8, 4) is 0 Å². The molecule has 0 saturated carbocycles. The zero-order valence-electron chi connectivity index (χ0n) is 12.2. The number of anilines is 1. The summed E-state index contributed by atoms with van der Waals surface area (Å²) in [5, 5.41) is 11.0. The molecule has 2 rings (SSSR count). The van der Waals surface area contributed by atoms with E-state index in [1.54, 1.807) is 6.20 Å². The van der Waals surface area contributed by atoms with Gasteiger partial charge in [0.05, 0.1) is 0 Å². The first kappa shape index (κ1) is 19.9. The quantitative estimate of drug-likeness (QED) is 0.888. The summed E-state index contributed by atoms with van der Waals surface area (Å²) >= 11 is 0. The van der Waals surface area contributed by atoms with Crippen LogP contribution >= 0.6 is 24.8 Å². The molecule has 8 heteroatoms. The summed E-state index contributed by atoms with van der Waals surface area (Å²) in [7, 11) is 1.87. The van der Waals surface area contributed by atoms with Gasteiger partial charge in [0.2, 0.25) is 5.91 Å². The van der Waals surface area contributed by atoms with E-state index < -0.39 is 0 Å². The Kier molecular flexibility index (Phi) is 10.0. The number of carbonyl (C=O) groups is 1. The molecule has 0 atom stereocenters. The van der Waals surface area contributed by atoms with Gasteiger partial charge >= 0.3 is 0 Å². The second kappa shape index (κ2) is 10.6. The maximum Gasteiger partial charge on any atom is 0.223 e. The molecule has 0 unspecified atom stereocenters. The Hall–Kier alpha value is -1.11. The van der Waals surface area contributed by atoms with E-state index in [0.717, 1.165) is 45.0 Å². The molecule has 0 aliphatic carbocycles. The van der Waals surface area contributed by atoms with Gasteiger partial charge in [-0.05, 0) is 25.6 Å². The van der Waals surface area contributed by atoms with E-state index in [1.165, 1.54) is 0 Å². The van der Waals surface area contributed by atoms with Crippen LogP contribution in [0.5, 0.6) is 0 Å². The molecule has 21 heavy (non-hydrogen) atoms. The number of nitrogens with zero attached hydrogens (tertiary/aromatic N) is 4. The van der Waals surface area contributed by atoms with E-state index in [9.17, 15) is 4.79 Å². The van der Waals surface area contributed by atoms with Gasteiger partial charge in [-0.3, -0.25) is 4.79 Å². The van der Waals surface area contributed by atoms with Crippen LogP contribution < -0.4 is 10.2 Å².